The molecule has 0 aliphatic rings. The van der Waals surface area contributed by atoms with Crippen molar-refractivity contribution in [1.29, 1.82) is 0 Å². The van der Waals surface area contributed by atoms with Crippen LogP contribution in [0.3, 0.4) is 0 Å². The molecular weight excluding hydrogens is 150 g/mol. The van der Waals surface area contributed by atoms with Crippen molar-refractivity contribution in [2.24, 2.45) is 0 Å². The topological polar surface area (TPSA) is 30.7 Å². The summed E-state index contributed by atoms with van der Waals surface area (Å²) in [7, 11) is 0. The average molecular weight is 171 g/mol. The van der Waals surface area contributed by atoms with Gasteiger partial charge >= 0.3 is 0 Å². The van der Waals surface area contributed by atoms with E-state index in [1.165, 1.54) is 0 Å². The Kier molecular flexibility index (Phi) is 9.41. The monoisotopic (exact) mass is 171 g/mol. The highest BCUT2D eigenvalue weighted by molar-refractivity contribution is 4.90. The van der Waals surface area contributed by atoms with Crippen LogP contribution in [0.2, 0.25) is 0 Å². The number of hydrogen-bond acceptors (Lipinski definition) is 2. The zero-order valence-corrected chi connectivity index (χ0v) is 7.83. The van der Waals surface area contributed by atoms with Crippen LogP contribution < -0.4 is 0 Å². The summed E-state index contributed by atoms with van der Waals surface area (Å²) in [6.45, 7) is 9.03. The molecule has 12 heavy (non-hydrogen) atoms. The Balaban J connectivity index is 0. The zero-order chi connectivity index (χ0) is 8.69. The van der Waals surface area contributed by atoms with Gasteiger partial charge in [0.1, 0.15) is 0 Å². The van der Waals surface area contributed by atoms with Gasteiger partial charge in [-0.05, 0) is 13.3 Å². The minimum Gasteiger partial charge on any atom is -0.253 e. The molecule has 0 aliphatic heterocycles. The van der Waals surface area contributed by atoms with Crippen molar-refractivity contribution in [2.45, 2.75) is 48.1 Å². The molecule has 1 rings (SSSR count). The van der Waals surface area contributed by atoms with Crippen LogP contribution in [0.5, 0.6) is 0 Å². The van der Waals surface area contributed by atoms with E-state index in [4.69, 9.17) is 0 Å². The highest BCUT2D eigenvalue weighted by atomic mass is 15.4. The molecule has 1 aromatic rings. The van der Waals surface area contributed by atoms with Crippen LogP contribution in [0.25, 0.3) is 0 Å². The van der Waals surface area contributed by atoms with E-state index in [9.17, 15) is 0 Å². The van der Waals surface area contributed by atoms with Crippen molar-refractivity contribution in [3.63, 3.8) is 0 Å². The first kappa shape index (κ1) is 13.7. The molecule has 0 saturated heterocycles. The summed E-state index contributed by atoms with van der Waals surface area (Å²) >= 11 is 0. The summed E-state index contributed by atoms with van der Waals surface area (Å²) in [5.74, 6) is 0. The molecule has 0 radical (unpaired) electrons. The van der Waals surface area contributed by atoms with Crippen LogP contribution in [0.15, 0.2) is 6.20 Å². The lowest BCUT2D eigenvalue weighted by molar-refractivity contribution is 0.626. The molecular formula is C9H21N3. The van der Waals surface area contributed by atoms with Crippen LogP contribution >= 0.6 is 0 Å². The third-order valence-corrected chi connectivity index (χ3v) is 1.27. The van der Waals surface area contributed by atoms with Crippen molar-refractivity contribution < 1.29 is 0 Å². The Hall–Kier alpha value is -0.860. The number of aromatic nitrogens is 3. The lowest BCUT2D eigenvalue weighted by Crippen LogP contribution is -1.93. The van der Waals surface area contributed by atoms with Crippen molar-refractivity contribution in [2.75, 3.05) is 0 Å². The molecule has 1 heterocycles. The summed E-state index contributed by atoms with van der Waals surface area (Å²) in [5, 5.41) is 7.79. The highest BCUT2D eigenvalue weighted by Crippen LogP contribution is 1.91. The van der Waals surface area contributed by atoms with Gasteiger partial charge in [0, 0.05) is 12.7 Å². The Morgan fingerprint density at radius 3 is 2.17 bits per heavy atom. The van der Waals surface area contributed by atoms with Crippen LogP contribution in [0, 0.1) is 0 Å². The van der Waals surface area contributed by atoms with E-state index in [0.717, 1.165) is 18.7 Å². The second kappa shape index (κ2) is 8.24. The smallest absolute Gasteiger partial charge is 0.0824 e. The van der Waals surface area contributed by atoms with E-state index in [-0.39, 0.29) is 7.43 Å². The molecule has 0 amide bonds. The molecule has 0 N–H and O–H groups in total. The number of nitrogens with zero attached hydrogens (tertiary/aromatic N) is 3. The first-order chi connectivity index (χ1) is 5.36. The maximum absolute atomic E-state index is 3.92. The second-order valence-corrected chi connectivity index (χ2v) is 1.92. The third-order valence-electron chi connectivity index (χ3n) is 1.27. The van der Waals surface area contributed by atoms with Gasteiger partial charge < -0.3 is 0 Å². The van der Waals surface area contributed by atoms with Crippen LogP contribution in [-0.4, -0.2) is 15.0 Å². The Labute approximate surface area is 75.8 Å². The summed E-state index contributed by atoms with van der Waals surface area (Å²) in [6, 6.07) is 0. The number of aryl methyl sites for hydroxylation is 2. The van der Waals surface area contributed by atoms with Gasteiger partial charge in [-0.25, -0.2) is 0 Å². The summed E-state index contributed by atoms with van der Waals surface area (Å²) in [6.07, 6.45) is 2.94. The van der Waals surface area contributed by atoms with E-state index in [1.807, 2.05) is 31.6 Å². The molecule has 1 aromatic heterocycles. The quantitative estimate of drug-likeness (QED) is 0.684. The van der Waals surface area contributed by atoms with Crippen LogP contribution in [0.1, 0.15) is 40.8 Å². The largest absolute Gasteiger partial charge is 0.253 e. The molecule has 0 fully saturated rings. The van der Waals surface area contributed by atoms with E-state index in [2.05, 4.69) is 17.2 Å². The lowest BCUT2D eigenvalue weighted by atomic mass is 10.4. The van der Waals surface area contributed by atoms with E-state index in [1.54, 1.807) is 0 Å². The van der Waals surface area contributed by atoms with Gasteiger partial charge in [-0.2, -0.15) is 0 Å². The van der Waals surface area contributed by atoms with Gasteiger partial charge in [-0.3, -0.25) is 4.68 Å². The van der Waals surface area contributed by atoms with Crippen molar-refractivity contribution >= 4 is 0 Å². The predicted octanol–water partition coefficient (Wildman–Crippen LogP) is 2.52. The molecule has 0 unspecified atom stereocenters. The standard InChI is InChI=1S/C6H11N3.C2H6.CH4/c1-3-6-5-9(4-2)8-7-6;1-2;/h5H,3-4H2,1-2H3;1-2H3;1H4. The van der Waals surface area contributed by atoms with Crippen LogP contribution in [0.4, 0.5) is 0 Å². The van der Waals surface area contributed by atoms with Gasteiger partial charge in [0.2, 0.25) is 0 Å². The Bertz CT molecular complexity index is 163. The molecule has 0 bridgehead atoms. The summed E-state index contributed by atoms with van der Waals surface area (Å²) in [4.78, 5) is 0. The van der Waals surface area contributed by atoms with Gasteiger partial charge in [0.25, 0.3) is 0 Å². The molecule has 0 aliphatic carbocycles. The minimum absolute atomic E-state index is 0. The number of hydrogen-bond donors (Lipinski definition) is 0. The van der Waals surface area contributed by atoms with Crippen molar-refractivity contribution in [3.05, 3.63) is 11.9 Å². The maximum Gasteiger partial charge on any atom is 0.0824 e. The molecule has 3 heteroatoms. The van der Waals surface area contributed by atoms with Gasteiger partial charge in [0.05, 0.1) is 5.69 Å². The summed E-state index contributed by atoms with van der Waals surface area (Å²) in [5.41, 5.74) is 1.07. The number of rotatable bonds is 2. The second-order valence-electron chi connectivity index (χ2n) is 1.92. The lowest BCUT2D eigenvalue weighted by Gasteiger charge is -1.86. The molecule has 72 valence electrons. The van der Waals surface area contributed by atoms with Crippen LogP contribution in [-0.2, 0) is 13.0 Å². The maximum atomic E-state index is 3.92. The van der Waals surface area contributed by atoms with E-state index in [0.29, 0.717) is 0 Å². The fourth-order valence-corrected chi connectivity index (χ4v) is 0.655. The first-order valence-electron chi connectivity index (χ1n) is 4.25. The highest BCUT2D eigenvalue weighted by Gasteiger charge is 1.92. The molecule has 3 nitrogen and oxygen atoms in total. The van der Waals surface area contributed by atoms with E-state index >= 15 is 0 Å². The fraction of sp³-hybridized carbons (Fsp3) is 0.778. The summed E-state index contributed by atoms with van der Waals surface area (Å²) < 4.78 is 1.83. The molecule has 0 atom stereocenters. The SMILES string of the molecule is C.CC.CCc1cn(CC)nn1. The van der Waals surface area contributed by atoms with Crippen molar-refractivity contribution in [1.82, 2.24) is 15.0 Å². The molecule has 0 saturated carbocycles. The van der Waals surface area contributed by atoms with Crippen molar-refractivity contribution in [3.8, 4) is 0 Å². The Morgan fingerprint density at radius 2 is 1.92 bits per heavy atom. The zero-order valence-electron chi connectivity index (χ0n) is 7.83. The first-order valence-corrected chi connectivity index (χ1v) is 4.25. The van der Waals surface area contributed by atoms with Gasteiger partial charge in [-0.15, -0.1) is 5.10 Å². The van der Waals surface area contributed by atoms with Gasteiger partial charge in [0.15, 0.2) is 0 Å². The third kappa shape index (κ3) is 4.11. The molecule has 0 aromatic carbocycles. The average Bonchev–Trinajstić information content (AvgIpc) is 2.55. The normalized spacial score (nSPS) is 8.00. The predicted molar refractivity (Wildman–Crippen MR) is 53.2 cm³/mol. The minimum atomic E-state index is 0. The molecule has 0 spiro atoms. The van der Waals surface area contributed by atoms with E-state index < -0.39 is 0 Å². The van der Waals surface area contributed by atoms with Gasteiger partial charge in [-0.1, -0.05) is 33.4 Å². The fourth-order valence-electron chi connectivity index (χ4n) is 0.655. The Morgan fingerprint density at radius 1 is 1.33 bits per heavy atom.